The molecule has 0 spiro atoms. The van der Waals surface area contributed by atoms with Crippen molar-refractivity contribution in [2.45, 2.75) is 30.8 Å². The van der Waals surface area contributed by atoms with Crippen LogP contribution in [0.25, 0.3) is 0 Å². The minimum Gasteiger partial charge on any atom is -0.465 e. The third-order valence-electron chi connectivity index (χ3n) is 4.41. The number of halogens is 1. The Morgan fingerprint density at radius 1 is 1.50 bits per heavy atom. The van der Waals surface area contributed by atoms with Gasteiger partial charge >= 0.3 is 6.09 Å². The number of hydrogen-bond donors (Lipinski definition) is 2. The number of sulfonamides is 1. The van der Waals surface area contributed by atoms with Gasteiger partial charge in [0.1, 0.15) is 0 Å². The van der Waals surface area contributed by atoms with Gasteiger partial charge in [0.05, 0.1) is 29.8 Å². The number of thiazole rings is 1. The van der Waals surface area contributed by atoms with Crippen LogP contribution in [-0.2, 0) is 21.2 Å². The molecule has 11 heteroatoms. The number of aromatic nitrogens is 1. The van der Waals surface area contributed by atoms with Crippen molar-refractivity contribution in [1.82, 2.24) is 9.88 Å². The Kier molecular flexibility index (Phi) is 6.43. The quantitative estimate of drug-likeness (QED) is 0.706. The maximum Gasteiger partial charge on any atom is 0.407 e. The Balaban J connectivity index is 1.61. The van der Waals surface area contributed by atoms with Crippen LogP contribution in [0.3, 0.4) is 0 Å². The van der Waals surface area contributed by atoms with Crippen molar-refractivity contribution in [1.29, 1.82) is 0 Å². The lowest BCUT2D eigenvalue weighted by molar-refractivity contribution is -0.0251. The highest BCUT2D eigenvalue weighted by atomic mass is 35.5. The number of benzene rings is 1. The molecule has 0 radical (unpaired) electrons. The molecular weight excluding hydrogens is 426 g/mol. The fourth-order valence-electron chi connectivity index (χ4n) is 2.89. The molecule has 0 aliphatic carbocycles. The zero-order valence-corrected chi connectivity index (χ0v) is 17.5. The number of amides is 1. The normalized spacial score (nSPS) is 17.5. The van der Waals surface area contributed by atoms with Gasteiger partial charge in [0, 0.05) is 16.9 Å². The van der Waals surface area contributed by atoms with Gasteiger partial charge in [-0.25, -0.2) is 18.2 Å². The highest BCUT2D eigenvalue weighted by Gasteiger charge is 2.24. The van der Waals surface area contributed by atoms with Crippen LogP contribution in [0.15, 0.2) is 28.5 Å². The molecule has 3 rings (SSSR count). The van der Waals surface area contributed by atoms with E-state index in [-0.39, 0.29) is 16.1 Å². The van der Waals surface area contributed by atoms with Crippen molar-refractivity contribution >= 4 is 44.2 Å². The van der Waals surface area contributed by atoms with Gasteiger partial charge in [-0.3, -0.25) is 4.72 Å². The molecule has 2 heterocycles. The maximum absolute atomic E-state index is 12.6. The fraction of sp³-hybridized carbons (Fsp3) is 0.412. The van der Waals surface area contributed by atoms with Crippen molar-refractivity contribution in [3.05, 3.63) is 39.9 Å². The van der Waals surface area contributed by atoms with Crippen molar-refractivity contribution < 1.29 is 23.1 Å². The van der Waals surface area contributed by atoms with Crippen LogP contribution in [0.2, 0.25) is 5.02 Å². The van der Waals surface area contributed by atoms with Gasteiger partial charge in [-0.05, 0) is 37.5 Å². The summed E-state index contributed by atoms with van der Waals surface area (Å²) in [7, 11) is -3.79. The number of nitrogens with zero attached hydrogens (tertiary/aromatic N) is 2. The lowest BCUT2D eigenvalue weighted by Crippen LogP contribution is -2.45. The number of rotatable bonds is 6. The Hall–Kier alpha value is -1.88. The monoisotopic (exact) mass is 445 g/mol. The van der Waals surface area contributed by atoms with E-state index in [2.05, 4.69) is 9.71 Å². The summed E-state index contributed by atoms with van der Waals surface area (Å²) in [5, 5.41) is 11.5. The first-order valence-electron chi connectivity index (χ1n) is 8.58. The van der Waals surface area contributed by atoms with E-state index in [1.54, 1.807) is 24.4 Å². The van der Waals surface area contributed by atoms with Crippen LogP contribution in [0.5, 0.6) is 0 Å². The van der Waals surface area contributed by atoms with Crippen LogP contribution < -0.4 is 4.72 Å². The zero-order valence-electron chi connectivity index (χ0n) is 15.1. The summed E-state index contributed by atoms with van der Waals surface area (Å²) >= 11 is 7.21. The number of carbonyl (C=O) groups is 1. The molecule has 1 saturated heterocycles. The van der Waals surface area contributed by atoms with Crippen molar-refractivity contribution in [2.24, 2.45) is 0 Å². The summed E-state index contributed by atoms with van der Waals surface area (Å²) in [5.74, 6) is 0. The van der Waals surface area contributed by atoms with E-state index in [1.807, 2.05) is 0 Å². The number of morpholine rings is 1. The Labute approximate surface area is 172 Å². The number of carboxylic acid groups (broad SMARTS) is 1. The van der Waals surface area contributed by atoms with Crippen molar-refractivity contribution in [3.63, 3.8) is 0 Å². The predicted octanol–water partition coefficient (Wildman–Crippen LogP) is 3.22. The summed E-state index contributed by atoms with van der Waals surface area (Å²) in [4.78, 5) is 16.8. The molecule has 1 aromatic carbocycles. The van der Waals surface area contributed by atoms with E-state index in [1.165, 1.54) is 22.3 Å². The van der Waals surface area contributed by atoms with Gasteiger partial charge in [0.25, 0.3) is 10.0 Å². The minimum absolute atomic E-state index is 0.112. The second-order valence-electron chi connectivity index (χ2n) is 6.37. The molecule has 2 N–H and O–H groups in total. The molecule has 1 amide bonds. The predicted molar refractivity (Wildman–Crippen MR) is 107 cm³/mol. The largest absolute Gasteiger partial charge is 0.465 e. The Morgan fingerprint density at radius 2 is 2.29 bits per heavy atom. The highest BCUT2D eigenvalue weighted by molar-refractivity contribution is 7.93. The standard InChI is InChI=1S/C17H20ClN3O5S2/c1-11-14(18)3-2-4-15(11)28(24,25)20-16-19-12(10-27-16)5-6-13-9-21(17(22)23)7-8-26-13/h2-4,10,13H,5-9H2,1H3,(H,19,20)(H,22,23). The minimum atomic E-state index is -3.79. The first-order chi connectivity index (χ1) is 13.3. The molecule has 1 aliphatic heterocycles. The topological polar surface area (TPSA) is 109 Å². The SMILES string of the molecule is Cc1c(Cl)cccc1S(=O)(=O)Nc1nc(CCC2CN(C(=O)O)CCO2)cs1. The lowest BCUT2D eigenvalue weighted by atomic mass is 10.1. The third kappa shape index (κ3) is 4.93. The number of ether oxygens (including phenoxy) is 1. The van der Waals surface area contributed by atoms with Gasteiger partial charge in [-0.15, -0.1) is 11.3 Å². The van der Waals surface area contributed by atoms with E-state index < -0.39 is 16.1 Å². The first kappa shape index (κ1) is 20.8. The second-order valence-corrected chi connectivity index (χ2v) is 9.29. The van der Waals surface area contributed by atoms with E-state index in [9.17, 15) is 13.2 Å². The summed E-state index contributed by atoms with van der Waals surface area (Å²) in [5.41, 5.74) is 1.20. The van der Waals surface area contributed by atoms with Gasteiger partial charge < -0.3 is 14.7 Å². The van der Waals surface area contributed by atoms with Gasteiger partial charge in [-0.2, -0.15) is 0 Å². The molecule has 28 heavy (non-hydrogen) atoms. The lowest BCUT2D eigenvalue weighted by Gasteiger charge is -2.30. The average Bonchev–Trinajstić information content (AvgIpc) is 3.09. The summed E-state index contributed by atoms with van der Waals surface area (Å²) in [6, 6.07) is 4.71. The molecular formula is C17H20ClN3O5S2. The van der Waals surface area contributed by atoms with Crippen LogP contribution >= 0.6 is 22.9 Å². The van der Waals surface area contributed by atoms with E-state index in [4.69, 9.17) is 21.4 Å². The van der Waals surface area contributed by atoms with Gasteiger partial charge in [0.2, 0.25) is 0 Å². The molecule has 152 valence electrons. The van der Waals surface area contributed by atoms with E-state index >= 15 is 0 Å². The van der Waals surface area contributed by atoms with E-state index in [0.29, 0.717) is 43.1 Å². The molecule has 0 bridgehead atoms. The van der Waals surface area contributed by atoms with Crippen molar-refractivity contribution in [2.75, 3.05) is 24.4 Å². The first-order valence-corrected chi connectivity index (χ1v) is 11.3. The third-order valence-corrected chi connectivity index (χ3v) is 7.24. The Bertz CT molecular complexity index is 963. The number of anilines is 1. The van der Waals surface area contributed by atoms with Crippen LogP contribution in [-0.4, -0.2) is 55.3 Å². The molecule has 2 aromatic rings. The molecule has 1 unspecified atom stereocenters. The molecule has 8 nitrogen and oxygen atoms in total. The summed E-state index contributed by atoms with van der Waals surface area (Å²) < 4.78 is 33.3. The Morgan fingerprint density at radius 3 is 3.04 bits per heavy atom. The molecule has 1 aliphatic rings. The second kappa shape index (κ2) is 8.64. The molecule has 1 atom stereocenters. The average molecular weight is 446 g/mol. The van der Waals surface area contributed by atoms with E-state index in [0.717, 1.165) is 5.69 Å². The molecule has 1 aromatic heterocycles. The summed E-state index contributed by atoms with van der Waals surface area (Å²) in [6.45, 7) is 2.72. The van der Waals surface area contributed by atoms with Crippen LogP contribution in [0, 0.1) is 6.92 Å². The van der Waals surface area contributed by atoms with Gasteiger partial charge in [0.15, 0.2) is 5.13 Å². The number of hydrogen-bond acceptors (Lipinski definition) is 6. The molecule has 1 fully saturated rings. The fourth-order valence-corrected chi connectivity index (χ4v) is 5.39. The highest BCUT2D eigenvalue weighted by Crippen LogP contribution is 2.26. The van der Waals surface area contributed by atoms with Crippen LogP contribution in [0.1, 0.15) is 17.7 Å². The zero-order chi connectivity index (χ0) is 20.3. The van der Waals surface area contributed by atoms with Crippen molar-refractivity contribution in [3.8, 4) is 0 Å². The number of aryl methyl sites for hydroxylation is 1. The maximum atomic E-state index is 12.6. The smallest absolute Gasteiger partial charge is 0.407 e. The van der Waals surface area contributed by atoms with Gasteiger partial charge in [-0.1, -0.05) is 17.7 Å². The van der Waals surface area contributed by atoms with Crippen LogP contribution in [0.4, 0.5) is 9.93 Å². The molecule has 0 saturated carbocycles. The number of nitrogens with one attached hydrogen (secondary N) is 1. The summed E-state index contributed by atoms with van der Waals surface area (Å²) in [6.07, 6.45) is 0.0235.